The lowest BCUT2D eigenvalue weighted by atomic mass is 10.2. The van der Waals surface area contributed by atoms with Crippen molar-refractivity contribution in [1.29, 1.82) is 5.26 Å². The fourth-order valence-corrected chi connectivity index (χ4v) is 5.43. The van der Waals surface area contributed by atoms with Crippen molar-refractivity contribution >= 4 is 21.6 Å². The topological polar surface area (TPSA) is 116 Å². The number of hydrogen-bond donors (Lipinski definition) is 1. The summed E-state index contributed by atoms with van der Waals surface area (Å²) in [6, 6.07) is 4.80. The summed E-state index contributed by atoms with van der Waals surface area (Å²) in [5.74, 6) is -1.70. The fourth-order valence-electron chi connectivity index (χ4n) is 3.52. The Morgan fingerprint density at radius 2 is 1.85 bits per heavy atom. The normalized spacial score (nSPS) is 19.0. The standard InChI is InChI=1S/C19H15F6N5O3S/c20-18(21,22)10-28-17(31)13-7-11(9-30(13)16-5-6-27-15(8-26)29-16)34(32,33)14-4-2-1-3-12(14)19(23,24)25/h1-6,11,13H,7,9-10H2,(H,28,31)/t11?,13-/m0/s1. The van der Waals surface area contributed by atoms with Crippen molar-refractivity contribution in [2.24, 2.45) is 0 Å². The van der Waals surface area contributed by atoms with Gasteiger partial charge in [-0.25, -0.2) is 18.4 Å². The van der Waals surface area contributed by atoms with E-state index in [1.165, 1.54) is 6.07 Å². The number of carbonyl (C=O) groups is 1. The third-order valence-corrected chi connectivity index (χ3v) is 7.19. The number of aromatic nitrogens is 2. The molecule has 0 aliphatic carbocycles. The van der Waals surface area contributed by atoms with Crippen LogP contribution in [0.5, 0.6) is 0 Å². The van der Waals surface area contributed by atoms with Gasteiger partial charge in [0.25, 0.3) is 0 Å². The second kappa shape index (κ2) is 9.09. The van der Waals surface area contributed by atoms with Crippen LogP contribution in [-0.2, 0) is 20.8 Å². The van der Waals surface area contributed by atoms with Crippen LogP contribution in [0, 0.1) is 11.3 Å². The zero-order chi connectivity index (χ0) is 25.3. The summed E-state index contributed by atoms with van der Waals surface area (Å²) >= 11 is 0. The fraction of sp³-hybridized carbons (Fsp3) is 0.368. The van der Waals surface area contributed by atoms with Gasteiger partial charge in [-0.05, 0) is 24.6 Å². The maximum Gasteiger partial charge on any atom is 0.417 e. The van der Waals surface area contributed by atoms with Crippen LogP contribution in [0.25, 0.3) is 0 Å². The van der Waals surface area contributed by atoms with E-state index in [9.17, 15) is 39.6 Å². The first-order chi connectivity index (χ1) is 15.7. The number of amides is 1. The summed E-state index contributed by atoms with van der Waals surface area (Å²) in [6.45, 7) is -2.25. The van der Waals surface area contributed by atoms with Crippen LogP contribution in [0.4, 0.5) is 32.2 Å². The van der Waals surface area contributed by atoms with Gasteiger partial charge in [0.15, 0.2) is 9.84 Å². The number of hydrogen-bond acceptors (Lipinski definition) is 7. The van der Waals surface area contributed by atoms with Crippen molar-refractivity contribution in [2.45, 2.75) is 35.0 Å². The predicted molar refractivity (Wildman–Crippen MR) is 104 cm³/mol. The lowest BCUT2D eigenvalue weighted by Crippen LogP contribution is -2.46. The van der Waals surface area contributed by atoms with Crippen molar-refractivity contribution in [3.8, 4) is 6.07 Å². The lowest BCUT2D eigenvalue weighted by molar-refractivity contribution is -0.139. The summed E-state index contributed by atoms with van der Waals surface area (Å²) in [6.07, 6.45) is -9.23. The molecule has 15 heteroatoms. The number of rotatable bonds is 5. The molecule has 1 aromatic carbocycles. The van der Waals surface area contributed by atoms with E-state index in [1.54, 1.807) is 11.4 Å². The maximum absolute atomic E-state index is 13.4. The number of halogens is 6. The molecule has 1 amide bonds. The Balaban J connectivity index is 2.01. The molecular weight excluding hydrogens is 492 g/mol. The van der Waals surface area contributed by atoms with Crippen molar-refractivity contribution in [1.82, 2.24) is 15.3 Å². The van der Waals surface area contributed by atoms with E-state index in [4.69, 9.17) is 5.26 Å². The van der Waals surface area contributed by atoms with Crippen molar-refractivity contribution < 1.29 is 39.6 Å². The van der Waals surface area contributed by atoms with Crippen LogP contribution in [-0.4, -0.2) is 54.9 Å². The van der Waals surface area contributed by atoms with Crippen LogP contribution in [0.2, 0.25) is 0 Å². The molecule has 0 spiro atoms. The third kappa shape index (κ3) is 5.38. The molecule has 1 saturated heterocycles. The van der Waals surface area contributed by atoms with Crippen LogP contribution in [0.1, 0.15) is 17.8 Å². The number of sulfone groups is 1. The third-order valence-electron chi connectivity index (χ3n) is 5.00. The highest BCUT2D eigenvalue weighted by Gasteiger charge is 2.47. The van der Waals surface area contributed by atoms with Gasteiger partial charge in [0.1, 0.15) is 24.5 Å². The molecule has 2 atom stereocenters. The van der Waals surface area contributed by atoms with Crippen LogP contribution >= 0.6 is 0 Å². The Bertz CT molecular complexity index is 1230. The Hall–Kier alpha value is -3.41. The summed E-state index contributed by atoms with van der Waals surface area (Å²) < 4.78 is 104. The molecule has 2 heterocycles. The largest absolute Gasteiger partial charge is 0.417 e. The van der Waals surface area contributed by atoms with Crippen LogP contribution in [0.15, 0.2) is 41.4 Å². The molecule has 0 radical (unpaired) electrons. The molecule has 3 rings (SSSR count). The number of nitrogens with zero attached hydrogens (tertiary/aromatic N) is 4. The maximum atomic E-state index is 13.4. The minimum absolute atomic E-state index is 0.138. The molecule has 1 aliphatic heterocycles. The molecule has 1 aliphatic rings. The Labute approximate surface area is 189 Å². The average Bonchev–Trinajstić information content (AvgIpc) is 3.23. The smallest absolute Gasteiger partial charge is 0.345 e. The van der Waals surface area contributed by atoms with E-state index in [-0.39, 0.29) is 11.6 Å². The summed E-state index contributed by atoms with van der Waals surface area (Å²) in [5, 5.41) is 9.06. The SMILES string of the molecule is N#Cc1nccc(N2CC(S(=O)(=O)c3ccccc3C(F)(F)F)C[C@H]2C(=O)NCC(F)(F)F)n1. The van der Waals surface area contributed by atoms with Gasteiger partial charge in [0.05, 0.1) is 15.7 Å². The van der Waals surface area contributed by atoms with E-state index in [0.717, 1.165) is 29.3 Å². The van der Waals surface area contributed by atoms with Crippen LogP contribution in [0.3, 0.4) is 0 Å². The molecule has 0 bridgehead atoms. The first-order valence-electron chi connectivity index (χ1n) is 9.48. The number of carbonyl (C=O) groups excluding carboxylic acids is 1. The van der Waals surface area contributed by atoms with Crippen molar-refractivity contribution in [3.63, 3.8) is 0 Å². The van der Waals surface area contributed by atoms with Gasteiger partial charge in [0.2, 0.25) is 11.7 Å². The summed E-state index contributed by atoms with van der Waals surface area (Å²) in [4.78, 5) is 20.0. The monoisotopic (exact) mass is 507 g/mol. The van der Waals surface area contributed by atoms with E-state index in [2.05, 4.69) is 9.97 Å². The highest BCUT2D eigenvalue weighted by molar-refractivity contribution is 7.92. The minimum atomic E-state index is -4.99. The number of nitriles is 1. The molecule has 182 valence electrons. The molecule has 1 aromatic heterocycles. The van der Waals surface area contributed by atoms with Gasteiger partial charge < -0.3 is 10.2 Å². The number of alkyl halides is 6. The van der Waals surface area contributed by atoms with Crippen molar-refractivity contribution in [2.75, 3.05) is 18.0 Å². The van der Waals surface area contributed by atoms with E-state index < -0.39 is 69.4 Å². The van der Waals surface area contributed by atoms with E-state index >= 15 is 0 Å². The number of anilines is 1. The molecule has 1 unspecified atom stereocenters. The van der Waals surface area contributed by atoms with Gasteiger partial charge in [-0.1, -0.05) is 12.1 Å². The van der Waals surface area contributed by atoms with Gasteiger partial charge in [-0.15, -0.1) is 0 Å². The first kappa shape index (κ1) is 25.2. The molecule has 0 saturated carbocycles. The Kier molecular flexibility index (Phi) is 6.74. The molecule has 1 fully saturated rings. The average molecular weight is 507 g/mol. The highest BCUT2D eigenvalue weighted by Crippen LogP contribution is 2.38. The predicted octanol–water partition coefficient (Wildman–Crippen LogP) is 2.47. The first-order valence-corrected chi connectivity index (χ1v) is 11.0. The molecule has 2 aromatic rings. The van der Waals surface area contributed by atoms with Gasteiger partial charge >= 0.3 is 12.4 Å². The van der Waals surface area contributed by atoms with Gasteiger partial charge in [-0.3, -0.25) is 4.79 Å². The molecule has 1 N–H and O–H groups in total. The quantitative estimate of drug-likeness (QED) is 0.618. The summed E-state index contributed by atoms with van der Waals surface area (Å²) in [5.41, 5.74) is -1.40. The molecule has 34 heavy (non-hydrogen) atoms. The second-order valence-electron chi connectivity index (χ2n) is 7.25. The minimum Gasteiger partial charge on any atom is -0.345 e. The zero-order valence-corrected chi connectivity index (χ0v) is 17.7. The van der Waals surface area contributed by atoms with E-state index in [0.29, 0.717) is 6.07 Å². The molecule has 8 nitrogen and oxygen atoms in total. The van der Waals surface area contributed by atoms with Crippen LogP contribution < -0.4 is 10.2 Å². The van der Waals surface area contributed by atoms with E-state index in [1.807, 2.05) is 0 Å². The van der Waals surface area contributed by atoms with Gasteiger partial charge in [0, 0.05) is 12.7 Å². The zero-order valence-electron chi connectivity index (χ0n) is 16.9. The van der Waals surface area contributed by atoms with Gasteiger partial charge in [-0.2, -0.15) is 31.6 Å². The number of nitrogens with one attached hydrogen (secondary N) is 1. The Morgan fingerprint density at radius 1 is 1.18 bits per heavy atom. The lowest BCUT2D eigenvalue weighted by Gasteiger charge is -2.24. The number of benzene rings is 1. The Morgan fingerprint density at radius 3 is 2.47 bits per heavy atom. The molecular formula is C19H15F6N5O3S. The van der Waals surface area contributed by atoms with Crippen molar-refractivity contribution in [3.05, 3.63) is 47.9 Å². The highest BCUT2D eigenvalue weighted by atomic mass is 32.2. The second-order valence-corrected chi connectivity index (χ2v) is 9.44. The summed E-state index contributed by atoms with van der Waals surface area (Å²) in [7, 11) is -4.69.